The van der Waals surface area contributed by atoms with Crippen LogP contribution in [-0.4, -0.2) is 57.6 Å². The van der Waals surface area contributed by atoms with E-state index in [0.29, 0.717) is 27.9 Å². The van der Waals surface area contributed by atoms with E-state index in [0.717, 1.165) is 21.7 Å². The van der Waals surface area contributed by atoms with Crippen LogP contribution < -0.4 is 14.4 Å². The first kappa shape index (κ1) is 31.3. The van der Waals surface area contributed by atoms with E-state index in [1.807, 2.05) is 37.3 Å². The van der Waals surface area contributed by atoms with Crippen LogP contribution in [-0.2, 0) is 32.6 Å². The molecule has 0 saturated carbocycles. The largest absolute Gasteiger partial charge is 0.495 e. The van der Waals surface area contributed by atoms with Crippen molar-refractivity contribution in [3.8, 4) is 5.75 Å². The average Bonchev–Trinajstić information content (AvgIpc) is 2.90. The zero-order valence-electron chi connectivity index (χ0n) is 22.9. The second kappa shape index (κ2) is 13.9. The molecule has 1 atom stereocenters. The molecule has 0 bridgehead atoms. The Balaban J connectivity index is 2.11. The summed E-state index contributed by atoms with van der Waals surface area (Å²) in [6.45, 7) is 3.34. The number of likely N-dealkylation sites (N-methyl/N-ethyl adjacent to an activating group) is 1. The Kier molecular flexibility index (Phi) is 10.8. The molecule has 1 N–H and O–H groups in total. The van der Waals surface area contributed by atoms with E-state index in [4.69, 9.17) is 27.9 Å². The van der Waals surface area contributed by atoms with Gasteiger partial charge in [-0.15, -0.1) is 0 Å². The SMILES string of the molecule is CCNC(=O)[C@H](Cc1ccccc1)N(Cc1ccc(Cl)cc1Cl)C(=O)CN(c1cc(C)ccc1OC)S(C)(=O)=O. The zero-order chi connectivity index (χ0) is 29.4. The highest BCUT2D eigenvalue weighted by atomic mass is 35.5. The maximum Gasteiger partial charge on any atom is 0.244 e. The summed E-state index contributed by atoms with van der Waals surface area (Å²) in [5.41, 5.74) is 2.39. The lowest BCUT2D eigenvalue weighted by Crippen LogP contribution is -2.53. The van der Waals surface area contributed by atoms with Gasteiger partial charge in [0.1, 0.15) is 18.3 Å². The molecule has 0 aromatic heterocycles. The number of aryl methyl sites for hydroxylation is 1. The van der Waals surface area contributed by atoms with E-state index in [1.54, 1.807) is 43.3 Å². The maximum atomic E-state index is 14.1. The van der Waals surface area contributed by atoms with Crippen molar-refractivity contribution >= 4 is 50.7 Å². The van der Waals surface area contributed by atoms with Crippen molar-refractivity contribution in [2.75, 3.05) is 30.8 Å². The highest BCUT2D eigenvalue weighted by molar-refractivity contribution is 7.92. The van der Waals surface area contributed by atoms with E-state index in [9.17, 15) is 18.0 Å². The smallest absolute Gasteiger partial charge is 0.244 e. The second-order valence-corrected chi connectivity index (χ2v) is 12.1. The third kappa shape index (κ3) is 8.13. The quantitative estimate of drug-likeness (QED) is 0.318. The molecule has 11 heteroatoms. The van der Waals surface area contributed by atoms with Crippen LogP contribution in [0.5, 0.6) is 5.75 Å². The Morgan fingerprint density at radius 1 is 1.02 bits per heavy atom. The van der Waals surface area contributed by atoms with Gasteiger partial charge < -0.3 is 15.0 Å². The number of anilines is 1. The second-order valence-electron chi connectivity index (χ2n) is 9.30. The van der Waals surface area contributed by atoms with Crippen molar-refractivity contribution in [2.45, 2.75) is 32.9 Å². The molecule has 0 aliphatic heterocycles. The number of amides is 2. The first-order valence-electron chi connectivity index (χ1n) is 12.6. The van der Waals surface area contributed by atoms with Gasteiger partial charge in [0.15, 0.2) is 0 Å². The minimum Gasteiger partial charge on any atom is -0.495 e. The van der Waals surface area contributed by atoms with Crippen LogP contribution in [0.1, 0.15) is 23.6 Å². The molecule has 0 unspecified atom stereocenters. The molecule has 0 aliphatic rings. The highest BCUT2D eigenvalue weighted by Gasteiger charge is 2.34. The number of benzene rings is 3. The molecular formula is C29H33Cl2N3O5S. The molecule has 3 aromatic rings. The van der Waals surface area contributed by atoms with Gasteiger partial charge in [-0.2, -0.15) is 0 Å². The molecule has 0 heterocycles. The number of hydrogen-bond acceptors (Lipinski definition) is 5. The fraction of sp³-hybridized carbons (Fsp3) is 0.310. The fourth-order valence-corrected chi connectivity index (χ4v) is 5.58. The Morgan fingerprint density at radius 2 is 1.73 bits per heavy atom. The highest BCUT2D eigenvalue weighted by Crippen LogP contribution is 2.31. The topological polar surface area (TPSA) is 96.0 Å². The van der Waals surface area contributed by atoms with E-state index in [1.165, 1.54) is 12.0 Å². The molecule has 3 aromatic carbocycles. The van der Waals surface area contributed by atoms with Crippen molar-refractivity contribution in [3.05, 3.63) is 93.5 Å². The minimum absolute atomic E-state index is 0.0496. The zero-order valence-corrected chi connectivity index (χ0v) is 25.2. The van der Waals surface area contributed by atoms with Crippen molar-refractivity contribution in [1.82, 2.24) is 10.2 Å². The number of ether oxygens (including phenoxy) is 1. The number of halogens is 2. The van der Waals surface area contributed by atoms with Gasteiger partial charge in [0.2, 0.25) is 21.8 Å². The van der Waals surface area contributed by atoms with Crippen molar-refractivity contribution in [1.29, 1.82) is 0 Å². The Morgan fingerprint density at radius 3 is 2.33 bits per heavy atom. The average molecular weight is 607 g/mol. The van der Waals surface area contributed by atoms with Crippen molar-refractivity contribution < 1.29 is 22.7 Å². The van der Waals surface area contributed by atoms with Crippen molar-refractivity contribution in [2.24, 2.45) is 0 Å². The number of hydrogen-bond donors (Lipinski definition) is 1. The number of carbonyl (C=O) groups excluding carboxylic acids is 2. The summed E-state index contributed by atoms with van der Waals surface area (Å²) < 4.78 is 32.4. The Labute approximate surface area is 245 Å². The summed E-state index contributed by atoms with van der Waals surface area (Å²) in [6.07, 6.45) is 1.23. The molecule has 3 rings (SSSR count). The van der Waals surface area contributed by atoms with Crippen LogP contribution in [0, 0.1) is 6.92 Å². The first-order valence-corrected chi connectivity index (χ1v) is 15.2. The standard InChI is InChI=1S/C29H33Cl2N3O5S/c1-5-32-29(36)26(16-21-9-7-6-8-10-21)33(18-22-12-13-23(30)17-24(22)31)28(35)19-34(40(4,37)38)25-15-20(2)11-14-27(25)39-3/h6-15,17,26H,5,16,18-19H2,1-4H3,(H,32,36)/t26-/m0/s1. The third-order valence-electron chi connectivity index (χ3n) is 6.26. The van der Waals surface area contributed by atoms with Crippen LogP contribution in [0.25, 0.3) is 0 Å². The molecule has 0 aliphatic carbocycles. The number of nitrogens with zero attached hydrogens (tertiary/aromatic N) is 2. The summed E-state index contributed by atoms with van der Waals surface area (Å²) >= 11 is 12.6. The Bertz CT molecular complexity index is 1450. The molecule has 40 heavy (non-hydrogen) atoms. The van der Waals surface area contributed by atoms with Crippen LogP contribution in [0.3, 0.4) is 0 Å². The lowest BCUT2D eigenvalue weighted by molar-refractivity contribution is -0.140. The number of methoxy groups -OCH3 is 1. The van der Waals surface area contributed by atoms with Gasteiger partial charge in [-0.1, -0.05) is 65.7 Å². The predicted octanol–water partition coefficient (Wildman–Crippen LogP) is 4.85. The van der Waals surface area contributed by atoms with Gasteiger partial charge in [0.05, 0.1) is 19.1 Å². The summed E-state index contributed by atoms with van der Waals surface area (Å²) in [7, 11) is -2.51. The van der Waals surface area contributed by atoms with E-state index in [-0.39, 0.29) is 24.6 Å². The van der Waals surface area contributed by atoms with Gasteiger partial charge in [-0.3, -0.25) is 13.9 Å². The number of sulfonamides is 1. The van der Waals surface area contributed by atoms with Crippen LogP contribution in [0.15, 0.2) is 66.7 Å². The molecule has 0 saturated heterocycles. The number of nitrogens with one attached hydrogen (secondary N) is 1. The minimum atomic E-state index is -3.94. The lowest BCUT2D eigenvalue weighted by Gasteiger charge is -2.34. The van der Waals surface area contributed by atoms with Gasteiger partial charge in [-0.05, 0) is 54.8 Å². The first-order chi connectivity index (χ1) is 18.9. The molecule has 2 amide bonds. The molecule has 0 spiro atoms. The Hall–Kier alpha value is -3.27. The van der Waals surface area contributed by atoms with Crippen LogP contribution >= 0.6 is 23.2 Å². The molecule has 0 fully saturated rings. The summed E-state index contributed by atoms with van der Waals surface area (Å²) in [4.78, 5) is 28.9. The van der Waals surface area contributed by atoms with Gasteiger partial charge in [0, 0.05) is 29.6 Å². The van der Waals surface area contributed by atoms with Gasteiger partial charge in [0.25, 0.3) is 0 Å². The van der Waals surface area contributed by atoms with Crippen LogP contribution in [0.4, 0.5) is 5.69 Å². The van der Waals surface area contributed by atoms with Gasteiger partial charge in [-0.25, -0.2) is 8.42 Å². The lowest BCUT2D eigenvalue weighted by atomic mass is 10.0. The molecular weight excluding hydrogens is 573 g/mol. The van der Waals surface area contributed by atoms with E-state index >= 15 is 0 Å². The maximum absolute atomic E-state index is 14.1. The molecule has 8 nitrogen and oxygen atoms in total. The molecule has 0 radical (unpaired) electrons. The number of rotatable bonds is 12. The predicted molar refractivity (Wildman–Crippen MR) is 160 cm³/mol. The van der Waals surface area contributed by atoms with Crippen LogP contribution in [0.2, 0.25) is 10.0 Å². The fourth-order valence-electron chi connectivity index (χ4n) is 4.27. The third-order valence-corrected chi connectivity index (χ3v) is 7.97. The summed E-state index contributed by atoms with van der Waals surface area (Å²) in [6, 6.07) is 18.3. The molecule has 214 valence electrons. The number of carbonyl (C=O) groups is 2. The van der Waals surface area contributed by atoms with Crippen molar-refractivity contribution in [3.63, 3.8) is 0 Å². The monoisotopic (exact) mass is 605 g/mol. The summed E-state index contributed by atoms with van der Waals surface area (Å²) in [5.74, 6) is -0.670. The normalized spacial score (nSPS) is 11.9. The van der Waals surface area contributed by atoms with E-state index in [2.05, 4.69) is 5.32 Å². The summed E-state index contributed by atoms with van der Waals surface area (Å²) in [5, 5.41) is 3.55. The van der Waals surface area contributed by atoms with E-state index < -0.39 is 28.5 Å². The van der Waals surface area contributed by atoms with Gasteiger partial charge >= 0.3 is 0 Å².